The van der Waals surface area contributed by atoms with E-state index in [9.17, 15) is 16.8 Å². The molecule has 130 valence electrons. The van der Waals surface area contributed by atoms with Crippen LogP contribution in [0.2, 0.25) is 0 Å². The second-order valence-corrected chi connectivity index (χ2v) is 11.1. The number of hydrogen-bond donors (Lipinski definition) is 0. The summed E-state index contributed by atoms with van der Waals surface area (Å²) >= 11 is 1.31. The van der Waals surface area contributed by atoms with Gasteiger partial charge in [-0.25, -0.2) is 16.8 Å². The van der Waals surface area contributed by atoms with Crippen LogP contribution < -0.4 is 0 Å². The fraction of sp³-hybridized carbons (Fsp3) is 0.294. The Morgan fingerprint density at radius 1 is 0.833 bits per heavy atom. The zero-order chi connectivity index (χ0) is 18.1. The Labute approximate surface area is 148 Å². The molecule has 0 atom stereocenters. The lowest BCUT2D eigenvalue weighted by molar-refractivity contribution is 0.598. The molecule has 0 unspecified atom stereocenters. The Morgan fingerprint density at radius 2 is 1.42 bits per heavy atom. The summed E-state index contributed by atoms with van der Waals surface area (Å²) in [6, 6.07) is 12.1. The monoisotopic (exact) mass is 384 g/mol. The molecule has 0 aromatic heterocycles. The molecule has 2 aromatic carbocycles. The number of rotatable bonds is 5. The molecule has 0 N–H and O–H groups in total. The van der Waals surface area contributed by atoms with Gasteiger partial charge < -0.3 is 0 Å². The standard InChI is InChI=1S/C17H20O4S3/c1-12(2)13-5-7-14(8-6-13)22-16-10-9-15(23(3,18)19)11-17(16)24(4,20)21/h5-12H,1-4H3. The van der Waals surface area contributed by atoms with E-state index in [1.54, 1.807) is 6.07 Å². The summed E-state index contributed by atoms with van der Waals surface area (Å²) in [6.07, 6.45) is 2.15. The highest BCUT2D eigenvalue weighted by Gasteiger charge is 2.18. The van der Waals surface area contributed by atoms with Gasteiger partial charge >= 0.3 is 0 Å². The maximum absolute atomic E-state index is 12.1. The molecule has 7 heteroatoms. The predicted molar refractivity (Wildman–Crippen MR) is 97.3 cm³/mol. The molecule has 0 aliphatic heterocycles. The molecular formula is C17H20O4S3. The lowest BCUT2D eigenvalue weighted by atomic mass is 10.0. The highest BCUT2D eigenvalue weighted by Crippen LogP contribution is 2.34. The first-order valence-corrected chi connectivity index (χ1v) is 11.9. The fourth-order valence-electron chi connectivity index (χ4n) is 2.14. The lowest BCUT2D eigenvalue weighted by Gasteiger charge is -2.11. The topological polar surface area (TPSA) is 68.3 Å². The second-order valence-electron chi connectivity index (χ2n) is 5.98. The lowest BCUT2D eigenvalue weighted by Crippen LogP contribution is -2.03. The van der Waals surface area contributed by atoms with Crippen molar-refractivity contribution >= 4 is 31.4 Å². The SMILES string of the molecule is CC(C)c1ccc(Sc2ccc(S(C)(=O)=O)cc2S(C)(=O)=O)cc1. The Hall–Kier alpha value is -1.31. The predicted octanol–water partition coefficient (Wildman–Crippen LogP) is 3.77. The number of benzene rings is 2. The third kappa shape index (κ3) is 4.62. The van der Waals surface area contributed by atoms with E-state index < -0.39 is 19.7 Å². The summed E-state index contributed by atoms with van der Waals surface area (Å²) in [7, 11) is -7.01. The molecular weight excluding hydrogens is 364 g/mol. The second kappa shape index (κ2) is 6.90. The maximum Gasteiger partial charge on any atom is 0.176 e. The van der Waals surface area contributed by atoms with Crippen molar-refractivity contribution < 1.29 is 16.8 Å². The average molecular weight is 385 g/mol. The molecule has 0 aliphatic carbocycles. The van der Waals surface area contributed by atoms with Gasteiger partial charge in [0.25, 0.3) is 0 Å². The fourth-order valence-corrected chi connectivity index (χ4v) is 5.04. The summed E-state index contributed by atoms with van der Waals surface area (Å²) in [5.74, 6) is 0.421. The first kappa shape index (κ1) is 19.0. The Balaban J connectivity index is 2.46. The molecule has 4 nitrogen and oxygen atoms in total. The highest BCUT2D eigenvalue weighted by molar-refractivity contribution is 8.00. The van der Waals surface area contributed by atoms with E-state index in [-0.39, 0.29) is 9.79 Å². The molecule has 0 radical (unpaired) electrons. The van der Waals surface area contributed by atoms with Gasteiger partial charge in [0.1, 0.15) is 0 Å². The Bertz CT molecular complexity index is 942. The number of sulfone groups is 2. The van der Waals surface area contributed by atoms with Crippen molar-refractivity contribution in [1.82, 2.24) is 0 Å². The minimum atomic E-state index is -3.54. The molecule has 2 rings (SSSR count). The van der Waals surface area contributed by atoms with Crippen LogP contribution in [0, 0.1) is 0 Å². The van der Waals surface area contributed by atoms with E-state index in [0.717, 1.165) is 17.4 Å². The summed E-state index contributed by atoms with van der Waals surface area (Å²) in [4.78, 5) is 1.45. The molecule has 0 aliphatic rings. The van der Waals surface area contributed by atoms with E-state index in [0.29, 0.717) is 10.8 Å². The van der Waals surface area contributed by atoms with Gasteiger partial charge in [-0.1, -0.05) is 37.7 Å². The average Bonchev–Trinajstić information content (AvgIpc) is 2.46. The van der Waals surface area contributed by atoms with Crippen molar-refractivity contribution in [3.63, 3.8) is 0 Å². The smallest absolute Gasteiger partial charge is 0.176 e. The van der Waals surface area contributed by atoms with Crippen LogP contribution in [0.3, 0.4) is 0 Å². The minimum absolute atomic E-state index is 0.00225. The van der Waals surface area contributed by atoms with Crippen LogP contribution in [-0.4, -0.2) is 29.3 Å². The number of hydrogen-bond acceptors (Lipinski definition) is 5. The quantitative estimate of drug-likeness (QED) is 0.785. The van der Waals surface area contributed by atoms with Gasteiger partial charge in [0.2, 0.25) is 0 Å². The Morgan fingerprint density at radius 3 is 1.88 bits per heavy atom. The third-order valence-electron chi connectivity index (χ3n) is 3.52. The first-order chi connectivity index (χ1) is 11.0. The third-order valence-corrected chi connectivity index (χ3v) is 6.98. The normalized spacial score (nSPS) is 12.5. The molecule has 0 amide bonds. The van der Waals surface area contributed by atoms with Crippen molar-refractivity contribution in [2.45, 2.75) is 39.3 Å². The zero-order valence-corrected chi connectivity index (χ0v) is 16.4. The van der Waals surface area contributed by atoms with Gasteiger partial charge in [0.05, 0.1) is 9.79 Å². The zero-order valence-electron chi connectivity index (χ0n) is 14.0. The highest BCUT2D eigenvalue weighted by atomic mass is 32.2. The molecule has 0 saturated heterocycles. The van der Waals surface area contributed by atoms with Crippen LogP contribution in [0.1, 0.15) is 25.3 Å². The molecule has 0 heterocycles. The summed E-state index contributed by atoms with van der Waals surface area (Å²) in [5.41, 5.74) is 1.20. The Kier molecular flexibility index (Phi) is 5.47. The van der Waals surface area contributed by atoms with Crippen LogP contribution in [0.4, 0.5) is 0 Å². The van der Waals surface area contributed by atoms with Gasteiger partial charge in [-0.2, -0.15) is 0 Å². The van der Waals surface area contributed by atoms with Gasteiger partial charge in [-0.15, -0.1) is 0 Å². The molecule has 0 saturated carbocycles. The van der Waals surface area contributed by atoms with Crippen molar-refractivity contribution in [2.24, 2.45) is 0 Å². The largest absolute Gasteiger partial charge is 0.224 e. The van der Waals surface area contributed by atoms with Gasteiger partial charge in [-0.05, 0) is 41.8 Å². The van der Waals surface area contributed by atoms with E-state index >= 15 is 0 Å². The van der Waals surface area contributed by atoms with Crippen LogP contribution in [0.25, 0.3) is 0 Å². The minimum Gasteiger partial charge on any atom is -0.224 e. The molecule has 0 bridgehead atoms. The molecule has 2 aromatic rings. The molecule has 0 fully saturated rings. The van der Waals surface area contributed by atoms with Crippen LogP contribution >= 0.6 is 11.8 Å². The van der Waals surface area contributed by atoms with E-state index in [4.69, 9.17) is 0 Å². The summed E-state index contributed by atoms with van der Waals surface area (Å²) < 4.78 is 47.5. The van der Waals surface area contributed by atoms with Crippen molar-refractivity contribution in [2.75, 3.05) is 12.5 Å². The van der Waals surface area contributed by atoms with Crippen molar-refractivity contribution in [3.05, 3.63) is 48.0 Å². The van der Waals surface area contributed by atoms with Crippen molar-refractivity contribution in [3.8, 4) is 0 Å². The van der Waals surface area contributed by atoms with Crippen LogP contribution in [-0.2, 0) is 19.7 Å². The van der Waals surface area contributed by atoms with Crippen LogP contribution in [0.5, 0.6) is 0 Å². The molecule has 0 spiro atoms. The van der Waals surface area contributed by atoms with E-state index in [2.05, 4.69) is 13.8 Å². The van der Waals surface area contributed by atoms with Gasteiger partial charge in [0, 0.05) is 22.3 Å². The van der Waals surface area contributed by atoms with E-state index in [1.807, 2.05) is 24.3 Å². The summed E-state index contributed by atoms with van der Waals surface area (Å²) in [6.45, 7) is 4.21. The molecule has 24 heavy (non-hydrogen) atoms. The maximum atomic E-state index is 12.1. The van der Waals surface area contributed by atoms with Gasteiger partial charge in [0.15, 0.2) is 19.7 Å². The van der Waals surface area contributed by atoms with E-state index in [1.165, 1.54) is 29.5 Å². The van der Waals surface area contributed by atoms with Crippen molar-refractivity contribution in [1.29, 1.82) is 0 Å². The first-order valence-electron chi connectivity index (χ1n) is 7.30. The summed E-state index contributed by atoms with van der Waals surface area (Å²) in [5, 5.41) is 0. The van der Waals surface area contributed by atoms with Gasteiger partial charge in [-0.3, -0.25) is 0 Å². The van der Waals surface area contributed by atoms with Crippen LogP contribution in [0.15, 0.2) is 62.0 Å².